The Morgan fingerprint density at radius 3 is 3.00 bits per heavy atom. The Morgan fingerprint density at radius 2 is 2.19 bits per heavy atom. The van der Waals surface area contributed by atoms with Gasteiger partial charge in [-0.05, 0) is 30.3 Å². The van der Waals surface area contributed by atoms with E-state index < -0.39 is 0 Å². The van der Waals surface area contributed by atoms with Crippen molar-refractivity contribution in [3.63, 3.8) is 0 Å². The molecule has 80 valence electrons. The first-order chi connectivity index (χ1) is 7.79. The van der Waals surface area contributed by atoms with E-state index >= 15 is 0 Å². The Balaban J connectivity index is 2.51. The maximum absolute atomic E-state index is 12.1. The van der Waals surface area contributed by atoms with Crippen LogP contribution in [0, 0.1) is 0 Å². The van der Waals surface area contributed by atoms with Crippen LogP contribution in [0.25, 0.3) is 15.6 Å². The highest BCUT2D eigenvalue weighted by atomic mass is 32.1. The Morgan fingerprint density at radius 1 is 1.31 bits per heavy atom. The van der Waals surface area contributed by atoms with E-state index in [4.69, 9.17) is 4.74 Å². The summed E-state index contributed by atoms with van der Waals surface area (Å²) in [6.07, 6.45) is 1.89. The van der Waals surface area contributed by atoms with Gasteiger partial charge in [0.1, 0.15) is 11.3 Å². The Kier molecular flexibility index (Phi) is 1.97. The number of rotatable bonds is 1. The highest BCUT2D eigenvalue weighted by Gasteiger charge is 2.06. The summed E-state index contributed by atoms with van der Waals surface area (Å²) in [4.78, 5) is 12.1. The molecule has 0 atom stereocenters. The summed E-state index contributed by atoms with van der Waals surface area (Å²) in [5.41, 5.74) is 0.795. The lowest BCUT2D eigenvalue weighted by atomic mass is 10.2. The highest BCUT2D eigenvalue weighted by molar-refractivity contribution is 7.13. The lowest BCUT2D eigenvalue weighted by molar-refractivity contribution is 0.415. The molecule has 0 aliphatic rings. The monoisotopic (exact) mass is 231 g/mol. The van der Waals surface area contributed by atoms with Crippen molar-refractivity contribution in [2.24, 2.45) is 0 Å². The van der Waals surface area contributed by atoms with E-state index in [2.05, 4.69) is 0 Å². The van der Waals surface area contributed by atoms with E-state index in [1.165, 1.54) is 11.5 Å². The molecule has 4 heteroatoms. The van der Waals surface area contributed by atoms with Crippen LogP contribution in [0.2, 0.25) is 0 Å². The number of nitrogens with zero attached hydrogens (tertiary/aromatic N) is 1. The van der Waals surface area contributed by atoms with Gasteiger partial charge in [0, 0.05) is 11.6 Å². The van der Waals surface area contributed by atoms with Crippen LogP contribution >= 0.6 is 11.5 Å². The molecule has 2 heterocycles. The van der Waals surface area contributed by atoms with Crippen LogP contribution < -0.4 is 10.2 Å². The van der Waals surface area contributed by atoms with Crippen LogP contribution in [0.4, 0.5) is 0 Å². The first-order valence-corrected chi connectivity index (χ1v) is 5.65. The van der Waals surface area contributed by atoms with Crippen molar-refractivity contribution in [2.75, 3.05) is 7.11 Å². The molecule has 0 amide bonds. The van der Waals surface area contributed by atoms with Crippen molar-refractivity contribution in [1.29, 1.82) is 0 Å². The largest absolute Gasteiger partial charge is 0.497 e. The Hall–Kier alpha value is -1.81. The lowest BCUT2D eigenvalue weighted by Crippen LogP contribution is -2.03. The van der Waals surface area contributed by atoms with Gasteiger partial charge >= 0.3 is 0 Å². The molecule has 2 aromatic heterocycles. The van der Waals surface area contributed by atoms with Crippen molar-refractivity contribution in [2.45, 2.75) is 0 Å². The molecule has 0 saturated heterocycles. The van der Waals surface area contributed by atoms with Crippen LogP contribution in [0.1, 0.15) is 0 Å². The fourth-order valence-corrected chi connectivity index (χ4v) is 2.77. The summed E-state index contributed by atoms with van der Waals surface area (Å²) in [6.45, 7) is 0. The number of fused-ring (bicyclic) bond motifs is 2. The van der Waals surface area contributed by atoms with Gasteiger partial charge in [0.25, 0.3) is 0 Å². The second kappa shape index (κ2) is 3.35. The van der Waals surface area contributed by atoms with E-state index in [9.17, 15) is 4.79 Å². The SMILES string of the molecule is COc1ccc2c(=O)c3cccn3sc2c1. The molecule has 1 aromatic carbocycles. The van der Waals surface area contributed by atoms with Crippen LogP contribution in [0.15, 0.2) is 41.3 Å². The topological polar surface area (TPSA) is 30.7 Å². The number of ether oxygens (including phenoxy) is 1. The zero-order valence-electron chi connectivity index (χ0n) is 8.64. The Labute approximate surface area is 95.7 Å². The minimum atomic E-state index is 0.0707. The van der Waals surface area contributed by atoms with Gasteiger partial charge in [-0.1, -0.05) is 11.5 Å². The van der Waals surface area contributed by atoms with Crippen molar-refractivity contribution < 1.29 is 4.74 Å². The third-order valence-corrected chi connectivity index (χ3v) is 3.63. The van der Waals surface area contributed by atoms with Gasteiger partial charge in [-0.25, -0.2) is 0 Å². The van der Waals surface area contributed by atoms with Crippen LogP contribution in [-0.2, 0) is 0 Å². The molecule has 0 radical (unpaired) electrons. The van der Waals surface area contributed by atoms with Crippen molar-refractivity contribution in [1.82, 2.24) is 3.79 Å². The lowest BCUT2D eigenvalue weighted by Gasteiger charge is -2.02. The summed E-state index contributed by atoms with van der Waals surface area (Å²) in [6, 6.07) is 9.24. The van der Waals surface area contributed by atoms with Gasteiger partial charge in [0.05, 0.1) is 11.8 Å². The van der Waals surface area contributed by atoms with Crippen molar-refractivity contribution in [3.8, 4) is 5.75 Å². The maximum Gasteiger partial charge on any atom is 0.212 e. The van der Waals surface area contributed by atoms with E-state index in [0.29, 0.717) is 0 Å². The number of aromatic nitrogens is 1. The molecule has 0 fully saturated rings. The normalized spacial score (nSPS) is 11.1. The molecular weight excluding hydrogens is 222 g/mol. The van der Waals surface area contributed by atoms with Gasteiger partial charge in [-0.3, -0.25) is 8.58 Å². The standard InChI is InChI=1S/C12H9NO2S/c1-15-8-4-5-9-11(7-8)16-13-6-2-3-10(13)12(9)14/h2-7H,1H3. The minimum absolute atomic E-state index is 0.0707. The smallest absolute Gasteiger partial charge is 0.212 e. The van der Waals surface area contributed by atoms with E-state index in [0.717, 1.165) is 21.4 Å². The van der Waals surface area contributed by atoms with Gasteiger partial charge in [0.15, 0.2) is 0 Å². The van der Waals surface area contributed by atoms with E-state index in [1.807, 2.05) is 40.3 Å². The summed E-state index contributed by atoms with van der Waals surface area (Å²) in [5, 5.41) is 0.747. The van der Waals surface area contributed by atoms with Crippen molar-refractivity contribution >= 4 is 27.1 Å². The predicted molar refractivity (Wildman–Crippen MR) is 65.6 cm³/mol. The molecule has 0 aliphatic heterocycles. The molecule has 3 rings (SSSR count). The third kappa shape index (κ3) is 1.23. The van der Waals surface area contributed by atoms with Gasteiger partial charge in [-0.2, -0.15) is 0 Å². The second-order valence-electron chi connectivity index (χ2n) is 3.50. The molecule has 0 unspecified atom stereocenters. The molecule has 3 aromatic rings. The zero-order valence-corrected chi connectivity index (χ0v) is 9.45. The van der Waals surface area contributed by atoms with E-state index in [-0.39, 0.29) is 5.43 Å². The summed E-state index contributed by atoms with van der Waals surface area (Å²) in [7, 11) is 1.62. The van der Waals surface area contributed by atoms with Gasteiger partial charge in [0.2, 0.25) is 5.43 Å². The number of hydrogen-bond donors (Lipinski definition) is 0. The highest BCUT2D eigenvalue weighted by Crippen LogP contribution is 2.22. The Bertz CT molecular complexity index is 727. The molecule has 16 heavy (non-hydrogen) atoms. The minimum Gasteiger partial charge on any atom is -0.497 e. The molecule has 0 aliphatic carbocycles. The van der Waals surface area contributed by atoms with Crippen molar-refractivity contribution in [3.05, 3.63) is 46.8 Å². The molecule has 0 spiro atoms. The molecule has 0 bridgehead atoms. The second-order valence-corrected chi connectivity index (χ2v) is 4.52. The van der Waals surface area contributed by atoms with E-state index in [1.54, 1.807) is 7.11 Å². The average molecular weight is 231 g/mol. The molecule has 3 nitrogen and oxygen atoms in total. The van der Waals surface area contributed by atoms with Gasteiger partial charge < -0.3 is 4.74 Å². The molecule has 0 saturated carbocycles. The molecule has 0 N–H and O–H groups in total. The van der Waals surface area contributed by atoms with Gasteiger partial charge in [-0.15, -0.1) is 0 Å². The van der Waals surface area contributed by atoms with Crippen LogP contribution in [0.5, 0.6) is 5.75 Å². The maximum atomic E-state index is 12.1. The van der Waals surface area contributed by atoms with Crippen LogP contribution in [-0.4, -0.2) is 10.9 Å². The quantitative estimate of drug-likeness (QED) is 0.644. The first kappa shape index (κ1) is 9.42. The summed E-state index contributed by atoms with van der Waals surface area (Å²) < 4.78 is 7.97. The molecular formula is C12H9NO2S. The first-order valence-electron chi connectivity index (χ1n) is 4.88. The summed E-state index contributed by atoms with van der Waals surface area (Å²) >= 11 is 1.54. The number of methoxy groups -OCH3 is 1. The third-order valence-electron chi connectivity index (χ3n) is 2.58. The van der Waals surface area contributed by atoms with Crippen LogP contribution in [0.3, 0.4) is 0 Å². The number of benzene rings is 1. The summed E-state index contributed by atoms with van der Waals surface area (Å²) in [5.74, 6) is 0.773. The fraction of sp³-hybridized carbons (Fsp3) is 0.0833. The fourth-order valence-electron chi connectivity index (χ4n) is 1.76. The predicted octanol–water partition coefficient (Wildman–Crippen LogP) is 2.52. The number of hydrogen-bond acceptors (Lipinski definition) is 3. The average Bonchev–Trinajstić information content (AvgIpc) is 2.77. The zero-order chi connectivity index (χ0) is 11.1.